The number of nitrogens with zero attached hydrogens (tertiary/aromatic N) is 1. The standard InChI is InChI=1S/C29H27F2NO4/c1-13-3-5-15-9-17(30)11-21-24(15)23(13)28(35)19(26(21)33)7-8-20-27(34)22-12-18(31)10-16-6-4-14(2)32(25(16)22)29(20)36/h9-14,23,33-34H,3-8H2,1-2H3/t13-,14-,23-/m1/s1. The lowest BCUT2D eigenvalue weighted by Gasteiger charge is -2.36. The van der Waals surface area contributed by atoms with Crippen LogP contribution in [-0.4, -0.2) is 20.6 Å². The Kier molecular flexibility index (Phi) is 5.11. The van der Waals surface area contributed by atoms with E-state index in [2.05, 4.69) is 0 Å². The average molecular weight is 492 g/mol. The fraction of sp³-hybridized carbons (Fsp3) is 0.379. The van der Waals surface area contributed by atoms with E-state index in [1.165, 1.54) is 24.3 Å². The quantitative estimate of drug-likeness (QED) is 0.497. The first-order valence-corrected chi connectivity index (χ1v) is 12.5. The molecule has 1 aromatic heterocycles. The summed E-state index contributed by atoms with van der Waals surface area (Å²) in [5.41, 5.74) is 2.89. The van der Waals surface area contributed by atoms with Crippen LogP contribution in [0.2, 0.25) is 0 Å². The molecule has 2 N–H and O–H groups in total. The molecule has 0 spiro atoms. The third-order valence-corrected chi connectivity index (χ3v) is 8.41. The molecule has 3 aromatic rings. The van der Waals surface area contributed by atoms with Crippen molar-refractivity contribution in [2.75, 3.05) is 0 Å². The predicted octanol–water partition coefficient (Wildman–Crippen LogP) is 5.64. The predicted molar refractivity (Wildman–Crippen MR) is 132 cm³/mol. The molecular weight excluding hydrogens is 464 g/mol. The number of allylic oxidation sites excluding steroid dienone is 1. The van der Waals surface area contributed by atoms with Crippen molar-refractivity contribution in [1.29, 1.82) is 0 Å². The molecule has 6 rings (SSSR count). The van der Waals surface area contributed by atoms with E-state index in [1.807, 2.05) is 13.8 Å². The lowest BCUT2D eigenvalue weighted by atomic mass is 9.67. The highest BCUT2D eigenvalue weighted by Gasteiger charge is 2.41. The number of aliphatic hydroxyl groups excluding tert-OH is 1. The van der Waals surface area contributed by atoms with Crippen LogP contribution in [0.25, 0.3) is 16.7 Å². The number of halogens is 2. The van der Waals surface area contributed by atoms with Crippen molar-refractivity contribution in [2.45, 2.75) is 64.3 Å². The van der Waals surface area contributed by atoms with Crippen LogP contribution in [0.3, 0.4) is 0 Å². The minimum Gasteiger partial charge on any atom is -0.507 e. The SMILES string of the molecule is C[C@@H]1CCc2cc(F)cc3c2[C@@H]1C(=O)C(CCc1c(O)c2cc(F)cc4c2n(c1=O)[C@H](C)CC4)=C3O. The summed E-state index contributed by atoms with van der Waals surface area (Å²) in [6, 6.07) is 5.22. The molecule has 5 nitrogen and oxygen atoms in total. The summed E-state index contributed by atoms with van der Waals surface area (Å²) in [6.07, 6.45) is 2.66. The Labute approximate surface area is 206 Å². The van der Waals surface area contributed by atoms with Crippen molar-refractivity contribution >= 4 is 22.4 Å². The van der Waals surface area contributed by atoms with Gasteiger partial charge in [0.1, 0.15) is 23.1 Å². The molecule has 7 heteroatoms. The molecule has 0 saturated carbocycles. The van der Waals surface area contributed by atoms with Crippen LogP contribution in [0.1, 0.15) is 72.9 Å². The molecule has 0 saturated heterocycles. The number of benzene rings is 2. The Morgan fingerprint density at radius 2 is 1.64 bits per heavy atom. The molecule has 3 atom stereocenters. The highest BCUT2D eigenvalue weighted by atomic mass is 19.1. The van der Waals surface area contributed by atoms with Crippen LogP contribution in [0.5, 0.6) is 5.75 Å². The Hall–Kier alpha value is -3.48. The minimum absolute atomic E-state index is 0.00400. The zero-order valence-electron chi connectivity index (χ0n) is 20.2. The Bertz CT molecular complexity index is 1570. The summed E-state index contributed by atoms with van der Waals surface area (Å²) in [4.78, 5) is 27.1. The molecule has 186 valence electrons. The Morgan fingerprint density at radius 3 is 2.42 bits per heavy atom. The largest absolute Gasteiger partial charge is 0.507 e. The van der Waals surface area contributed by atoms with Gasteiger partial charge < -0.3 is 14.8 Å². The number of rotatable bonds is 3. The molecule has 0 radical (unpaired) electrons. The van der Waals surface area contributed by atoms with Crippen LogP contribution >= 0.6 is 0 Å². The molecule has 0 fully saturated rings. The summed E-state index contributed by atoms with van der Waals surface area (Å²) in [5.74, 6) is -2.16. The molecule has 3 aliphatic rings. The fourth-order valence-electron chi connectivity index (χ4n) is 6.59. The van der Waals surface area contributed by atoms with E-state index in [0.717, 1.165) is 12.0 Å². The van der Waals surface area contributed by atoms with Gasteiger partial charge in [0.25, 0.3) is 5.56 Å². The van der Waals surface area contributed by atoms with Gasteiger partial charge in [0, 0.05) is 22.6 Å². The number of aromatic hydroxyl groups is 1. The van der Waals surface area contributed by atoms with Crippen LogP contribution in [-0.2, 0) is 24.1 Å². The maximum absolute atomic E-state index is 14.4. The highest BCUT2D eigenvalue weighted by Crippen LogP contribution is 2.47. The lowest BCUT2D eigenvalue weighted by Crippen LogP contribution is -2.33. The van der Waals surface area contributed by atoms with Gasteiger partial charge in [0.05, 0.1) is 17.0 Å². The van der Waals surface area contributed by atoms with Gasteiger partial charge in [-0.15, -0.1) is 0 Å². The Morgan fingerprint density at radius 1 is 0.944 bits per heavy atom. The number of hydrogen-bond donors (Lipinski definition) is 2. The number of ketones is 1. The van der Waals surface area contributed by atoms with Crippen molar-refractivity contribution in [2.24, 2.45) is 5.92 Å². The van der Waals surface area contributed by atoms with Crippen LogP contribution in [0.4, 0.5) is 8.78 Å². The van der Waals surface area contributed by atoms with Gasteiger partial charge in [-0.25, -0.2) is 8.78 Å². The first kappa shape index (κ1) is 23.0. The third-order valence-electron chi connectivity index (χ3n) is 8.41. The van der Waals surface area contributed by atoms with Crippen molar-refractivity contribution in [3.8, 4) is 5.75 Å². The minimum atomic E-state index is -0.484. The first-order chi connectivity index (χ1) is 17.2. The highest BCUT2D eigenvalue weighted by molar-refractivity contribution is 6.09. The summed E-state index contributed by atoms with van der Waals surface area (Å²) >= 11 is 0. The number of aliphatic hydroxyl groups is 1. The van der Waals surface area contributed by atoms with Gasteiger partial charge >= 0.3 is 0 Å². The van der Waals surface area contributed by atoms with Gasteiger partial charge in [-0.3, -0.25) is 9.59 Å². The second-order valence-electron chi connectivity index (χ2n) is 10.6. The number of carbonyl (C=O) groups is 1. The molecule has 2 aliphatic carbocycles. The molecule has 1 aliphatic heterocycles. The monoisotopic (exact) mass is 491 g/mol. The molecule has 2 aromatic carbocycles. The number of hydrogen-bond acceptors (Lipinski definition) is 4. The van der Waals surface area contributed by atoms with Crippen molar-refractivity contribution in [1.82, 2.24) is 4.57 Å². The number of aryl methyl sites for hydroxylation is 2. The van der Waals surface area contributed by atoms with E-state index in [0.29, 0.717) is 41.5 Å². The molecular formula is C29H27F2NO4. The second kappa shape index (κ2) is 8.02. The molecule has 0 bridgehead atoms. The van der Waals surface area contributed by atoms with Crippen molar-refractivity contribution in [3.05, 3.63) is 79.6 Å². The summed E-state index contributed by atoms with van der Waals surface area (Å²) in [6.45, 7) is 3.90. The maximum Gasteiger partial charge on any atom is 0.258 e. The Balaban J connectivity index is 1.47. The summed E-state index contributed by atoms with van der Waals surface area (Å²) < 4.78 is 30.3. The number of aromatic nitrogens is 1. The van der Waals surface area contributed by atoms with Gasteiger partial charge in [0.2, 0.25) is 0 Å². The maximum atomic E-state index is 14.4. The zero-order chi connectivity index (χ0) is 25.5. The zero-order valence-corrected chi connectivity index (χ0v) is 20.2. The molecule has 0 amide bonds. The van der Waals surface area contributed by atoms with E-state index in [1.54, 1.807) is 4.57 Å². The number of pyridine rings is 1. The molecule has 2 heterocycles. The topological polar surface area (TPSA) is 79.5 Å². The average Bonchev–Trinajstić information content (AvgIpc) is 2.83. The van der Waals surface area contributed by atoms with Gasteiger partial charge in [-0.2, -0.15) is 0 Å². The van der Waals surface area contributed by atoms with E-state index < -0.39 is 17.6 Å². The van der Waals surface area contributed by atoms with Crippen LogP contribution in [0, 0.1) is 17.6 Å². The van der Waals surface area contributed by atoms with E-state index in [9.17, 15) is 28.6 Å². The number of carbonyl (C=O) groups excluding carboxylic acids is 1. The van der Waals surface area contributed by atoms with Crippen molar-refractivity contribution in [3.63, 3.8) is 0 Å². The van der Waals surface area contributed by atoms with Crippen LogP contribution < -0.4 is 5.56 Å². The molecule has 0 unspecified atom stereocenters. The van der Waals surface area contributed by atoms with E-state index in [4.69, 9.17) is 0 Å². The normalized spacial score (nSPS) is 22.8. The summed E-state index contributed by atoms with van der Waals surface area (Å²) in [7, 11) is 0. The van der Waals surface area contributed by atoms with Gasteiger partial charge in [-0.1, -0.05) is 6.92 Å². The van der Waals surface area contributed by atoms with Crippen LogP contribution in [0.15, 0.2) is 34.6 Å². The number of Topliss-reactive ketones (excluding diaryl/α,β-unsaturated/α-hetero) is 1. The van der Waals surface area contributed by atoms with Crippen molar-refractivity contribution < 1.29 is 23.8 Å². The van der Waals surface area contributed by atoms with Gasteiger partial charge in [0.15, 0.2) is 5.78 Å². The van der Waals surface area contributed by atoms with Gasteiger partial charge in [-0.05, 0) is 92.3 Å². The second-order valence-corrected chi connectivity index (χ2v) is 10.6. The third kappa shape index (κ3) is 3.18. The fourth-order valence-corrected chi connectivity index (χ4v) is 6.59. The molecule has 36 heavy (non-hydrogen) atoms. The van der Waals surface area contributed by atoms with E-state index >= 15 is 0 Å². The smallest absolute Gasteiger partial charge is 0.258 e. The summed E-state index contributed by atoms with van der Waals surface area (Å²) in [5, 5.41) is 22.4. The van der Waals surface area contributed by atoms with E-state index in [-0.39, 0.29) is 64.2 Å². The first-order valence-electron chi connectivity index (χ1n) is 12.5. The lowest BCUT2D eigenvalue weighted by molar-refractivity contribution is -0.118.